The van der Waals surface area contributed by atoms with Crippen LogP contribution < -0.4 is 5.73 Å². The maximum absolute atomic E-state index is 10.5. The molecule has 2 N–H and O–H groups in total. The molecular weight excluding hydrogens is 250 g/mol. The number of carbonyl (C=O) groups is 1. The molecule has 1 atom stereocenters. The van der Waals surface area contributed by atoms with E-state index in [4.69, 9.17) is 16.9 Å². The molecule has 0 saturated carbocycles. The lowest BCUT2D eigenvalue weighted by Crippen LogP contribution is -2.21. The summed E-state index contributed by atoms with van der Waals surface area (Å²) in [5.41, 5.74) is 5.26. The molecule has 0 aromatic rings. The third-order valence-corrected chi connectivity index (χ3v) is 3.79. The fourth-order valence-corrected chi connectivity index (χ4v) is 2.48. The Morgan fingerprint density at radius 2 is 1.75 bits per heavy atom. The number of nitrogens with two attached hydrogens (primary N) is 1. The van der Waals surface area contributed by atoms with Gasteiger partial charge in [-0.3, -0.25) is 0 Å². The van der Waals surface area contributed by atoms with Crippen LogP contribution in [0.3, 0.4) is 0 Å². The van der Waals surface area contributed by atoms with E-state index in [1.165, 1.54) is 25.7 Å². The highest BCUT2D eigenvalue weighted by Crippen LogP contribution is 2.34. The molecule has 0 rings (SSSR count). The van der Waals surface area contributed by atoms with Gasteiger partial charge in [0.15, 0.2) is 0 Å². The number of carbonyl (C=O) groups excluding carboxylic acids is 1. The predicted molar refractivity (Wildman–Crippen MR) is 84.2 cm³/mol. The van der Waals surface area contributed by atoms with Crippen molar-refractivity contribution in [3.63, 3.8) is 0 Å². The summed E-state index contributed by atoms with van der Waals surface area (Å²) in [5, 5.41) is 0. The summed E-state index contributed by atoms with van der Waals surface area (Å²) in [6, 6.07) is 0. The minimum absolute atomic E-state index is 0.297. The number of ether oxygens (including phenoxy) is 1. The van der Waals surface area contributed by atoms with Crippen LogP contribution in [-0.4, -0.2) is 12.7 Å². The second kappa shape index (κ2) is 10.6. The smallest absolute Gasteiger partial charge is 0.404 e. The Morgan fingerprint density at radius 1 is 1.15 bits per heavy atom. The van der Waals surface area contributed by atoms with Gasteiger partial charge in [0.1, 0.15) is 0 Å². The molecule has 1 amide bonds. The summed E-state index contributed by atoms with van der Waals surface area (Å²) in [5.74, 6) is 3.34. The van der Waals surface area contributed by atoms with E-state index in [-0.39, 0.29) is 0 Å². The number of hydrogen-bond acceptors (Lipinski definition) is 2. The van der Waals surface area contributed by atoms with Gasteiger partial charge in [0.25, 0.3) is 0 Å². The minimum atomic E-state index is -0.675. The number of rotatable bonds is 10. The van der Waals surface area contributed by atoms with Crippen molar-refractivity contribution < 1.29 is 9.53 Å². The molecule has 0 spiro atoms. The van der Waals surface area contributed by atoms with Gasteiger partial charge in [-0.1, -0.05) is 40.0 Å². The number of terminal acetylenes is 1. The van der Waals surface area contributed by atoms with Crippen molar-refractivity contribution in [3.8, 4) is 12.3 Å². The van der Waals surface area contributed by atoms with Crippen LogP contribution in [0.1, 0.15) is 72.1 Å². The maximum Gasteiger partial charge on any atom is 0.404 e. The lowest BCUT2D eigenvalue weighted by molar-refractivity contribution is 0.142. The van der Waals surface area contributed by atoms with Crippen LogP contribution in [0, 0.1) is 23.7 Å². The van der Waals surface area contributed by atoms with Gasteiger partial charge < -0.3 is 10.5 Å². The van der Waals surface area contributed by atoms with Gasteiger partial charge >= 0.3 is 6.09 Å². The van der Waals surface area contributed by atoms with Crippen molar-refractivity contribution in [2.24, 2.45) is 17.1 Å². The summed E-state index contributed by atoms with van der Waals surface area (Å²) in [6.07, 6.45) is 13.6. The molecule has 0 aliphatic heterocycles. The highest BCUT2D eigenvalue weighted by atomic mass is 16.5. The normalized spacial score (nSPS) is 12.7. The average Bonchev–Trinajstić information content (AvgIpc) is 2.34. The zero-order valence-corrected chi connectivity index (χ0v) is 13.4. The zero-order chi connectivity index (χ0) is 15.4. The van der Waals surface area contributed by atoms with Crippen LogP contribution in [0.4, 0.5) is 4.79 Å². The van der Waals surface area contributed by atoms with Crippen molar-refractivity contribution in [2.45, 2.75) is 72.1 Å². The van der Waals surface area contributed by atoms with Gasteiger partial charge in [0, 0.05) is 6.42 Å². The molecule has 116 valence electrons. The molecule has 0 aromatic heterocycles. The molecule has 0 aliphatic carbocycles. The molecule has 0 aliphatic rings. The van der Waals surface area contributed by atoms with Crippen molar-refractivity contribution in [1.29, 1.82) is 0 Å². The molecular formula is C17H31NO2. The van der Waals surface area contributed by atoms with Crippen LogP contribution in [0.15, 0.2) is 0 Å². The fourth-order valence-electron chi connectivity index (χ4n) is 2.48. The van der Waals surface area contributed by atoms with Gasteiger partial charge in [0.05, 0.1) is 6.61 Å². The van der Waals surface area contributed by atoms with E-state index in [0.29, 0.717) is 17.9 Å². The van der Waals surface area contributed by atoms with E-state index in [1.54, 1.807) is 0 Å². The number of unbranched alkanes of at least 4 members (excludes halogenated alkanes) is 4. The molecule has 0 bridgehead atoms. The second-order valence-corrected chi connectivity index (χ2v) is 6.53. The Bertz CT molecular complexity index is 299. The first-order chi connectivity index (χ1) is 9.38. The van der Waals surface area contributed by atoms with E-state index in [2.05, 4.69) is 26.7 Å². The standard InChI is InChI=1S/C17H31NO2/c1-5-6-7-8-9-10-12-15(17(2,3)4)13-11-14-20-16(18)19/h1,15H,6-14H2,2-4H3,(H2,18,19). The van der Waals surface area contributed by atoms with E-state index in [0.717, 1.165) is 25.7 Å². The topological polar surface area (TPSA) is 52.3 Å². The van der Waals surface area contributed by atoms with Crippen LogP contribution in [0.2, 0.25) is 0 Å². The predicted octanol–water partition coefficient (Wildman–Crippen LogP) is 4.50. The van der Waals surface area contributed by atoms with Crippen molar-refractivity contribution in [3.05, 3.63) is 0 Å². The van der Waals surface area contributed by atoms with E-state index < -0.39 is 6.09 Å². The summed E-state index contributed by atoms with van der Waals surface area (Å²) < 4.78 is 4.79. The first-order valence-electron chi connectivity index (χ1n) is 7.73. The number of primary amides is 1. The van der Waals surface area contributed by atoms with Gasteiger partial charge in [-0.05, 0) is 37.0 Å². The molecule has 1 unspecified atom stereocenters. The largest absolute Gasteiger partial charge is 0.450 e. The molecule has 3 nitrogen and oxygen atoms in total. The van der Waals surface area contributed by atoms with E-state index in [1.807, 2.05) is 0 Å². The Hall–Kier alpha value is -1.17. The molecule has 3 heteroatoms. The fraction of sp³-hybridized carbons (Fsp3) is 0.824. The van der Waals surface area contributed by atoms with Gasteiger partial charge in [0.2, 0.25) is 0 Å². The van der Waals surface area contributed by atoms with Crippen molar-refractivity contribution >= 4 is 6.09 Å². The van der Waals surface area contributed by atoms with Gasteiger partial charge in [-0.15, -0.1) is 12.3 Å². The molecule has 0 fully saturated rings. The Kier molecular flexibility index (Phi) is 9.98. The highest BCUT2D eigenvalue weighted by Gasteiger charge is 2.23. The number of amides is 1. The lowest BCUT2D eigenvalue weighted by atomic mass is 9.75. The molecule has 0 radical (unpaired) electrons. The SMILES string of the molecule is C#CCCCCCCC(CCCOC(N)=O)C(C)(C)C. The summed E-state index contributed by atoms with van der Waals surface area (Å²) in [7, 11) is 0. The summed E-state index contributed by atoms with van der Waals surface area (Å²) >= 11 is 0. The van der Waals surface area contributed by atoms with Crippen LogP contribution >= 0.6 is 0 Å². The molecule has 20 heavy (non-hydrogen) atoms. The van der Waals surface area contributed by atoms with E-state index >= 15 is 0 Å². The molecule has 0 saturated heterocycles. The lowest BCUT2D eigenvalue weighted by Gasteiger charge is -2.31. The van der Waals surface area contributed by atoms with Crippen molar-refractivity contribution in [1.82, 2.24) is 0 Å². The monoisotopic (exact) mass is 281 g/mol. The number of hydrogen-bond donors (Lipinski definition) is 1. The Balaban J connectivity index is 3.87. The van der Waals surface area contributed by atoms with Crippen LogP contribution in [0.5, 0.6) is 0 Å². The summed E-state index contributed by atoms with van der Waals surface area (Å²) in [6.45, 7) is 7.28. The van der Waals surface area contributed by atoms with E-state index in [9.17, 15) is 4.79 Å². The van der Waals surface area contributed by atoms with Crippen LogP contribution in [0.25, 0.3) is 0 Å². The highest BCUT2D eigenvalue weighted by molar-refractivity contribution is 5.64. The Labute approximate surface area is 124 Å². The van der Waals surface area contributed by atoms with Crippen molar-refractivity contribution in [2.75, 3.05) is 6.61 Å². The minimum Gasteiger partial charge on any atom is -0.450 e. The first kappa shape index (κ1) is 18.8. The van der Waals surface area contributed by atoms with Gasteiger partial charge in [-0.25, -0.2) is 4.79 Å². The quantitative estimate of drug-likeness (QED) is 0.473. The zero-order valence-electron chi connectivity index (χ0n) is 13.4. The van der Waals surface area contributed by atoms with Crippen LogP contribution in [-0.2, 0) is 4.74 Å². The third-order valence-electron chi connectivity index (χ3n) is 3.79. The second-order valence-electron chi connectivity index (χ2n) is 6.53. The first-order valence-corrected chi connectivity index (χ1v) is 7.73. The molecule has 0 heterocycles. The molecule has 0 aromatic carbocycles. The average molecular weight is 281 g/mol. The maximum atomic E-state index is 10.5. The van der Waals surface area contributed by atoms with Gasteiger partial charge in [-0.2, -0.15) is 0 Å². The third kappa shape index (κ3) is 10.7. The Morgan fingerprint density at radius 3 is 2.30 bits per heavy atom. The summed E-state index contributed by atoms with van der Waals surface area (Å²) in [4.78, 5) is 10.5.